The van der Waals surface area contributed by atoms with Gasteiger partial charge in [0.1, 0.15) is 5.82 Å². The average Bonchev–Trinajstić information content (AvgIpc) is 2.92. The molecule has 1 saturated carbocycles. The number of aryl methyl sites for hydroxylation is 2. The maximum atomic E-state index is 11.0. The first-order chi connectivity index (χ1) is 8.72. The van der Waals surface area contributed by atoms with Gasteiger partial charge in [0.05, 0.1) is 5.92 Å². The second-order valence-electron chi connectivity index (χ2n) is 6.42. The molecule has 4 heteroatoms. The quantitative estimate of drug-likeness (QED) is 0.906. The van der Waals surface area contributed by atoms with Gasteiger partial charge in [-0.15, -0.1) is 0 Å². The van der Waals surface area contributed by atoms with Crippen LogP contribution in [0.1, 0.15) is 55.9 Å². The Kier molecular flexibility index (Phi) is 3.37. The lowest BCUT2D eigenvalue weighted by molar-refractivity contribution is -0.141. The zero-order valence-corrected chi connectivity index (χ0v) is 12.3. The number of carboxylic acids is 1. The van der Waals surface area contributed by atoms with Crippen LogP contribution >= 0.6 is 0 Å². The molecule has 2 rings (SSSR count). The van der Waals surface area contributed by atoms with E-state index >= 15 is 0 Å². The third-order valence-electron chi connectivity index (χ3n) is 4.19. The van der Waals surface area contributed by atoms with Crippen LogP contribution in [0.3, 0.4) is 0 Å². The van der Waals surface area contributed by atoms with Crippen LogP contribution in [0.4, 0.5) is 0 Å². The Labute approximate surface area is 114 Å². The molecule has 0 spiro atoms. The third-order valence-corrected chi connectivity index (χ3v) is 4.19. The van der Waals surface area contributed by atoms with E-state index in [1.54, 1.807) is 6.92 Å². The second-order valence-corrected chi connectivity index (χ2v) is 6.42. The molecular formula is C15H22N2O2. The number of aliphatic carboxylic acids is 1. The van der Waals surface area contributed by atoms with Crippen LogP contribution in [0.15, 0.2) is 0 Å². The lowest BCUT2D eigenvalue weighted by Crippen LogP contribution is -2.15. The first-order valence-electron chi connectivity index (χ1n) is 6.79. The Morgan fingerprint density at radius 2 is 1.84 bits per heavy atom. The first kappa shape index (κ1) is 14.0. The summed E-state index contributed by atoms with van der Waals surface area (Å²) in [6, 6.07) is 0. The molecule has 0 aromatic carbocycles. The van der Waals surface area contributed by atoms with Crippen molar-refractivity contribution >= 4 is 5.97 Å². The van der Waals surface area contributed by atoms with Crippen molar-refractivity contribution in [3.05, 3.63) is 22.8 Å². The van der Waals surface area contributed by atoms with Gasteiger partial charge in [-0.25, -0.2) is 9.97 Å². The number of hydrogen-bond acceptors (Lipinski definition) is 3. The Morgan fingerprint density at radius 3 is 2.21 bits per heavy atom. The summed E-state index contributed by atoms with van der Waals surface area (Å²) in [5.41, 5.74) is 3.16. The zero-order chi connectivity index (χ0) is 14.4. The predicted octanol–water partition coefficient (Wildman–Crippen LogP) is 2.87. The van der Waals surface area contributed by atoms with Gasteiger partial charge >= 0.3 is 5.97 Å². The summed E-state index contributed by atoms with van der Waals surface area (Å²) in [5, 5.41) is 9.01. The summed E-state index contributed by atoms with van der Waals surface area (Å²) in [6.45, 7) is 10.1. The van der Waals surface area contributed by atoms with E-state index in [2.05, 4.69) is 23.8 Å². The van der Waals surface area contributed by atoms with Gasteiger partial charge in [-0.3, -0.25) is 4.79 Å². The highest BCUT2D eigenvalue weighted by atomic mass is 16.4. The van der Waals surface area contributed by atoms with Gasteiger partial charge in [-0.05, 0) is 37.7 Å². The van der Waals surface area contributed by atoms with E-state index in [0.717, 1.165) is 29.2 Å². The van der Waals surface area contributed by atoms with E-state index < -0.39 is 11.9 Å². The fourth-order valence-electron chi connectivity index (χ4n) is 2.52. The molecule has 2 unspecified atom stereocenters. The second kappa shape index (κ2) is 4.58. The number of carbonyl (C=O) groups is 1. The molecule has 1 N–H and O–H groups in total. The van der Waals surface area contributed by atoms with Crippen molar-refractivity contribution in [2.45, 2.75) is 53.4 Å². The SMILES string of the molecule is Cc1nc(C2CC2(C)C)nc(C)c1CC(C)C(=O)O. The maximum absolute atomic E-state index is 11.0. The van der Waals surface area contributed by atoms with E-state index in [-0.39, 0.29) is 0 Å². The van der Waals surface area contributed by atoms with Crippen molar-refractivity contribution in [1.29, 1.82) is 0 Å². The molecule has 104 valence electrons. The van der Waals surface area contributed by atoms with Gasteiger partial charge in [0.2, 0.25) is 0 Å². The predicted molar refractivity (Wildman–Crippen MR) is 73.1 cm³/mol. The summed E-state index contributed by atoms with van der Waals surface area (Å²) in [5.74, 6) is 0.206. The number of rotatable bonds is 4. The van der Waals surface area contributed by atoms with Crippen molar-refractivity contribution in [2.24, 2.45) is 11.3 Å². The van der Waals surface area contributed by atoms with E-state index in [0.29, 0.717) is 17.8 Å². The summed E-state index contributed by atoms with van der Waals surface area (Å²) in [7, 11) is 0. The van der Waals surface area contributed by atoms with Crippen LogP contribution in [0.5, 0.6) is 0 Å². The van der Waals surface area contributed by atoms with Crippen LogP contribution in [0, 0.1) is 25.2 Å². The summed E-state index contributed by atoms with van der Waals surface area (Å²) in [4.78, 5) is 20.2. The molecule has 0 amide bonds. The van der Waals surface area contributed by atoms with Gasteiger partial charge in [0, 0.05) is 17.3 Å². The lowest BCUT2D eigenvalue weighted by Gasteiger charge is -2.13. The van der Waals surface area contributed by atoms with Gasteiger partial charge < -0.3 is 5.11 Å². The largest absolute Gasteiger partial charge is 0.481 e. The monoisotopic (exact) mass is 262 g/mol. The van der Waals surface area contributed by atoms with Crippen molar-refractivity contribution in [3.8, 4) is 0 Å². The lowest BCUT2D eigenvalue weighted by atomic mass is 9.98. The van der Waals surface area contributed by atoms with Crippen LogP contribution in [-0.2, 0) is 11.2 Å². The standard InChI is InChI=1S/C15H22N2O2/c1-8(14(18)19)6-11-9(2)16-13(17-10(11)3)12-7-15(12,4)5/h8,12H,6-7H2,1-5H3,(H,18,19). The topological polar surface area (TPSA) is 63.1 Å². The van der Waals surface area contributed by atoms with Gasteiger partial charge in [-0.1, -0.05) is 20.8 Å². The minimum Gasteiger partial charge on any atom is -0.481 e. The summed E-state index contributed by atoms with van der Waals surface area (Å²) < 4.78 is 0. The normalized spacial score (nSPS) is 22.1. The van der Waals surface area contributed by atoms with E-state index in [1.807, 2.05) is 13.8 Å². The van der Waals surface area contributed by atoms with Crippen LogP contribution in [-0.4, -0.2) is 21.0 Å². The number of carboxylic acid groups (broad SMARTS) is 1. The number of nitrogens with zero attached hydrogens (tertiary/aromatic N) is 2. The zero-order valence-electron chi connectivity index (χ0n) is 12.3. The minimum atomic E-state index is -0.772. The fraction of sp³-hybridized carbons (Fsp3) is 0.667. The smallest absolute Gasteiger partial charge is 0.306 e. The van der Waals surface area contributed by atoms with E-state index in [4.69, 9.17) is 5.11 Å². The Balaban J connectivity index is 2.25. The highest BCUT2D eigenvalue weighted by molar-refractivity contribution is 5.70. The molecule has 0 radical (unpaired) electrons. The number of aromatic nitrogens is 2. The molecule has 4 nitrogen and oxygen atoms in total. The molecule has 1 aliphatic rings. The van der Waals surface area contributed by atoms with Crippen LogP contribution in [0.2, 0.25) is 0 Å². The average molecular weight is 262 g/mol. The Bertz CT molecular complexity index is 500. The highest BCUT2D eigenvalue weighted by Gasteiger charge is 2.48. The van der Waals surface area contributed by atoms with Gasteiger partial charge in [-0.2, -0.15) is 0 Å². The van der Waals surface area contributed by atoms with E-state index in [9.17, 15) is 4.79 Å². The van der Waals surface area contributed by atoms with Crippen molar-refractivity contribution < 1.29 is 9.90 Å². The van der Waals surface area contributed by atoms with Crippen molar-refractivity contribution in [2.75, 3.05) is 0 Å². The molecule has 0 aliphatic heterocycles. The molecule has 0 saturated heterocycles. The van der Waals surface area contributed by atoms with Crippen molar-refractivity contribution in [1.82, 2.24) is 9.97 Å². The van der Waals surface area contributed by atoms with Gasteiger partial charge in [0.25, 0.3) is 0 Å². The Hall–Kier alpha value is -1.45. The third kappa shape index (κ3) is 2.77. The molecule has 2 atom stereocenters. The highest BCUT2D eigenvalue weighted by Crippen LogP contribution is 2.57. The van der Waals surface area contributed by atoms with Crippen LogP contribution < -0.4 is 0 Å². The first-order valence-corrected chi connectivity index (χ1v) is 6.79. The molecule has 1 aromatic heterocycles. The minimum absolute atomic E-state index is 0.314. The molecule has 0 bridgehead atoms. The number of hydrogen-bond donors (Lipinski definition) is 1. The van der Waals surface area contributed by atoms with Crippen molar-refractivity contribution in [3.63, 3.8) is 0 Å². The molecule has 19 heavy (non-hydrogen) atoms. The van der Waals surface area contributed by atoms with E-state index in [1.165, 1.54) is 0 Å². The molecule has 1 heterocycles. The van der Waals surface area contributed by atoms with Gasteiger partial charge in [0.15, 0.2) is 0 Å². The molecular weight excluding hydrogens is 240 g/mol. The van der Waals surface area contributed by atoms with Crippen LogP contribution in [0.25, 0.3) is 0 Å². The molecule has 1 aliphatic carbocycles. The summed E-state index contributed by atoms with van der Waals surface area (Å²) in [6.07, 6.45) is 1.64. The maximum Gasteiger partial charge on any atom is 0.306 e. The Morgan fingerprint density at radius 1 is 1.37 bits per heavy atom. The molecule has 1 fully saturated rings. The molecule has 1 aromatic rings. The fourth-order valence-corrected chi connectivity index (χ4v) is 2.52. The summed E-state index contributed by atoms with van der Waals surface area (Å²) >= 11 is 0.